The molecule has 21 heavy (non-hydrogen) atoms. The van der Waals surface area contributed by atoms with E-state index in [2.05, 4.69) is 41.6 Å². The van der Waals surface area contributed by atoms with Gasteiger partial charge in [0, 0.05) is 0 Å². The zero-order valence-corrected chi connectivity index (χ0v) is 14.5. The maximum Gasteiger partial charge on any atom is 0.413 e. The van der Waals surface area contributed by atoms with Crippen molar-refractivity contribution < 1.29 is 29.6 Å². The Labute approximate surface area is 127 Å². The minimum atomic E-state index is -5.12. The normalized spacial score (nSPS) is 12.4. The van der Waals surface area contributed by atoms with Crippen molar-refractivity contribution in [3.8, 4) is 0 Å². The molecule has 130 valence electrons. The van der Waals surface area contributed by atoms with Crippen molar-refractivity contribution in [1.29, 1.82) is 0 Å². The van der Waals surface area contributed by atoms with Crippen molar-refractivity contribution >= 4 is 20.8 Å². The number of hydrogen-bond donors (Lipinski definition) is 2. The van der Waals surface area contributed by atoms with Gasteiger partial charge in [-0.05, 0) is 54.1 Å². The molecule has 11 heteroatoms. The highest BCUT2D eigenvalue weighted by Crippen LogP contribution is 2.00. The maximum atomic E-state index is 9.44. The smallest absolute Gasteiger partial charge is 0.309 e. The van der Waals surface area contributed by atoms with Gasteiger partial charge in [-0.3, -0.25) is 9.11 Å². The Morgan fingerprint density at radius 2 is 1.00 bits per heavy atom. The van der Waals surface area contributed by atoms with Crippen LogP contribution in [0.15, 0.2) is 0 Å². The van der Waals surface area contributed by atoms with Gasteiger partial charge >= 0.3 is 20.8 Å². The Morgan fingerprint density at radius 1 is 0.714 bits per heavy atom. The monoisotopic (exact) mass is 350 g/mol. The van der Waals surface area contributed by atoms with Crippen LogP contribution >= 0.6 is 0 Å². The number of hydrogen-bond acceptors (Lipinski definition) is 7. The largest absolute Gasteiger partial charge is 0.413 e. The summed E-state index contributed by atoms with van der Waals surface area (Å²) in [5, 5.41) is 0. The van der Waals surface area contributed by atoms with Crippen LogP contribution in [0.4, 0.5) is 0 Å². The van der Waals surface area contributed by atoms with Crippen molar-refractivity contribution in [2.24, 2.45) is 0 Å². The predicted octanol–water partition coefficient (Wildman–Crippen LogP) is 0.279. The van der Waals surface area contributed by atoms with Gasteiger partial charge in [0.1, 0.15) is 0 Å². The summed E-state index contributed by atoms with van der Waals surface area (Å²) >= 11 is 0. The Morgan fingerprint density at radius 3 is 1.14 bits per heavy atom. The molecule has 0 aromatic carbocycles. The molecule has 0 aliphatic rings. The van der Waals surface area contributed by atoms with Crippen LogP contribution in [0.5, 0.6) is 0 Å². The van der Waals surface area contributed by atoms with E-state index in [4.69, 9.17) is 9.11 Å². The standard InChI is InChI=1S/C10H24N2.H2O7S2/c1-11(2)9-7-5-6-8-10-12(3)4;1-8(2,3)7-9(4,5)6/h5-10H2,1-4H3;(H,1,2,3)(H,4,5,6). The van der Waals surface area contributed by atoms with Crippen LogP contribution in [0.3, 0.4) is 0 Å². The van der Waals surface area contributed by atoms with Gasteiger partial charge in [0.05, 0.1) is 0 Å². The summed E-state index contributed by atoms with van der Waals surface area (Å²) < 4.78 is 55.6. The van der Waals surface area contributed by atoms with Crippen LogP contribution in [0, 0.1) is 0 Å². The van der Waals surface area contributed by atoms with Crippen LogP contribution < -0.4 is 0 Å². The summed E-state index contributed by atoms with van der Waals surface area (Å²) in [6, 6.07) is 0. The number of nitrogens with zero attached hydrogens (tertiary/aromatic N) is 2. The van der Waals surface area contributed by atoms with Gasteiger partial charge < -0.3 is 9.80 Å². The van der Waals surface area contributed by atoms with E-state index < -0.39 is 20.8 Å². The fourth-order valence-electron chi connectivity index (χ4n) is 1.32. The second-order valence-electron chi connectivity index (χ2n) is 4.94. The lowest BCUT2D eigenvalue weighted by atomic mass is 10.2. The van der Waals surface area contributed by atoms with E-state index in [1.807, 2.05) is 0 Å². The average Bonchev–Trinajstić information content (AvgIpc) is 2.17. The first-order valence-electron chi connectivity index (χ1n) is 6.29. The Bertz CT molecular complexity index is 404. The van der Waals surface area contributed by atoms with E-state index in [0.717, 1.165) is 0 Å². The summed E-state index contributed by atoms with van der Waals surface area (Å²) in [5.74, 6) is 0. The van der Waals surface area contributed by atoms with Gasteiger partial charge in [-0.25, -0.2) is 0 Å². The van der Waals surface area contributed by atoms with E-state index in [9.17, 15) is 16.8 Å². The summed E-state index contributed by atoms with van der Waals surface area (Å²) in [6.45, 7) is 2.48. The Hall–Kier alpha value is -0.300. The second kappa shape index (κ2) is 11.3. The molecule has 0 heterocycles. The van der Waals surface area contributed by atoms with E-state index in [0.29, 0.717) is 0 Å². The molecule has 0 aliphatic carbocycles. The molecule has 0 aromatic rings. The van der Waals surface area contributed by atoms with Gasteiger partial charge in [-0.1, -0.05) is 12.8 Å². The summed E-state index contributed by atoms with van der Waals surface area (Å²) in [6.07, 6.45) is 5.46. The highest BCUT2D eigenvalue weighted by atomic mass is 32.3. The number of unbranched alkanes of at least 4 members (excludes halogenated alkanes) is 3. The topological polar surface area (TPSA) is 124 Å². The summed E-state index contributed by atoms with van der Waals surface area (Å²) in [5.41, 5.74) is 0. The molecule has 0 atom stereocenters. The second-order valence-corrected chi connectivity index (χ2v) is 7.20. The summed E-state index contributed by atoms with van der Waals surface area (Å²) in [7, 11) is -1.68. The quantitative estimate of drug-likeness (QED) is 0.445. The number of rotatable bonds is 9. The third-order valence-electron chi connectivity index (χ3n) is 2.13. The lowest BCUT2D eigenvalue weighted by Crippen LogP contribution is -2.14. The molecular formula is C10H26N2O7S2. The molecule has 0 saturated carbocycles. The molecule has 0 aromatic heterocycles. The fraction of sp³-hybridized carbons (Fsp3) is 1.00. The van der Waals surface area contributed by atoms with Gasteiger partial charge in [0.15, 0.2) is 0 Å². The molecule has 0 aliphatic heterocycles. The zero-order chi connectivity index (χ0) is 17.1. The molecule has 0 spiro atoms. The maximum absolute atomic E-state index is 9.44. The van der Waals surface area contributed by atoms with Crippen molar-refractivity contribution in [2.45, 2.75) is 25.7 Å². The van der Waals surface area contributed by atoms with E-state index in [-0.39, 0.29) is 0 Å². The predicted molar refractivity (Wildman–Crippen MR) is 79.8 cm³/mol. The molecule has 0 rings (SSSR count). The minimum Gasteiger partial charge on any atom is -0.309 e. The molecule has 2 N–H and O–H groups in total. The van der Waals surface area contributed by atoms with Crippen LogP contribution in [0.2, 0.25) is 0 Å². The first kappa shape index (κ1) is 23.0. The molecular weight excluding hydrogens is 324 g/mol. The minimum absolute atomic E-state index is 1.24. The fourth-order valence-corrected chi connectivity index (χ4v) is 2.19. The SMILES string of the molecule is CN(C)CCCCCCN(C)C.O=S(=O)(O)OS(=O)(=O)O. The average molecular weight is 350 g/mol. The highest BCUT2D eigenvalue weighted by Gasteiger charge is 2.15. The van der Waals surface area contributed by atoms with Gasteiger partial charge in [0.25, 0.3) is 0 Å². The van der Waals surface area contributed by atoms with Crippen LogP contribution in [-0.2, 0) is 24.4 Å². The molecule has 0 unspecified atom stereocenters. The van der Waals surface area contributed by atoms with Gasteiger partial charge in [-0.2, -0.15) is 16.8 Å². The van der Waals surface area contributed by atoms with Crippen LogP contribution in [0.25, 0.3) is 0 Å². The molecule has 0 bridgehead atoms. The first-order chi connectivity index (χ1) is 9.33. The van der Waals surface area contributed by atoms with Crippen molar-refractivity contribution in [1.82, 2.24) is 9.80 Å². The van der Waals surface area contributed by atoms with Crippen molar-refractivity contribution in [3.63, 3.8) is 0 Å². The Kier molecular flexibility index (Phi) is 12.4. The molecule has 9 nitrogen and oxygen atoms in total. The molecule has 0 saturated heterocycles. The third-order valence-corrected chi connectivity index (χ3v) is 3.51. The van der Waals surface area contributed by atoms with Crippen LogP contribution in [-0.4, -0.2) is 77.0 Å². The lowest BCUT2D eigenvalue weighted by molar-refractivity contribution is 0.344. The van der Waals surface area contributed by atoms with E-state index in [1.54, 1.807) is 0 Å². The van der Waals surface area contributed by atoms with E-state index >= 15 is 0 Å². The molecule has 0 radical (unpaired) electrons. The van der Waals surface area contributed by atoms with E-state index in [1.165, 1.54) is 38.8 Å². The molecule has 0 amide bonds. The zero-order valence-electron chi connectivity index (χ0n) is 12.9. The Balaban J connectivity index is 0. The van der Waals surface area contributed by atoms with Crippen molar-refractivity contribution in [2.75, 3.05) is 41.3 Å². The van der Waals surface area contributed by atoms with Gasteiger partial charge in [0.2, 0.25) is 0 Å². The van der Waals surface area contributed by atoms with Crippen LogP contribution in [0.1, 0.15) is 25.7 Å². The lowest BCUT2D eigenvalue weighted by Gasteiger charge is -2.10. The molecule has 0 fully saturated rings. The van der Waals surface area contributed by atoms with Crippen molar-refractivity contribution in [3.05, 3.63) is 0 Å². The first-order valence-corrected chi connectivity index (χ1v) is 9.02. The highest BCUT2D eigenvalue weighted by molar-refractivity contribution is 7.94. The van der Waals surface area contributed by atoms with Gasteiger partial charge in [-0.15, -0.1) is 3.63 Å². The summed E-state index contributed by atoms with van der Waals surface area (Å²) in [4.78, 5) is 4.51. The third kappa shape index (κ3) is 28.6.